The number of alkyl halides is 3. The molecule has 0 aliphatic rings. The van der Waals surface area contributed by atoms with Crippen LogP contribution in [-0.4, -0.2) is 21.0 Å². The Morgan fingerprint density at radius 3 is 1.91 bits per heavy atom. The molecule has 3 rings (SSSR count). The molecule has 0 spiro atoms. The van der Waals surface area contributed by atoms with Crippen molar-refractivity contribution in [2.24, 2.45) is 0 Å². The van der Waals surface area contributed by atoms with Gasteiger partial charge in [0.1, 0.15) is 6.17 Å². The number of benzene rings is 3. The molecule has 1 atom stereocenters. The molecule has 0 saturated heterocycles. The standard InChI is InChI=1S/C24H20Br2Cl3N3OS/c1-14-12-19(18(26)13-17(14)25)30-23(34)32-22(24(27,28)29)31-21(33)20(15-8-4-2-5-9-15)16-10-6-3-7-11-16/h2-13,20,22H,1H3,(H,31,33)(H2,30,32,34)/t22-/m0/s1. The van der Waals surface area contributed by atoms with Crippen molar-refractivity contribution in [1.82, 2.24) is 10.6 Å². The number of aryl methyl sites for hydroxylation is 1. The molecule has 0 radical (unpaired) electrons. The molecule has 1 amide bonds. The van der Waals surface area contributed by atoms with Crippen molar-refractivity contribution in [3.05, 3.63) is 98.4 Å². The van der Waals surface area contributed by atoms with Gasteiger partial charge in [-0.2, -0.15) is 0 Å². The van der Waals surface area contributed by atoms with Crippen molar-refractivity contribution in [1.29, 1.82) is 0 Å². The largest absolute Gasteiger partial charge is 0.339 e. The molecular weight excluding hydrogens is 645 g/mol. The molecule has 0 aliphatic heterocycles. The Bertz CT molecular complexity index is 1120. The van der Waals surface area contributed by atoms with E-state index in [-0.39, 0.29) is 11.0 Å². The van der Waals surface area contributed by atoms with Gasteiger partial charge in [-0.1, -0.05) is 111 Å². The highest BCUT2D eigenvalue weighted by atomic mass is 79.9. The fraction of sp³-hybridized carbons (Fsp3) is 0.167. The molecule has 0 aromatic heterocycles. The van der Waals surface area contributed by atoms with Crippen LogP contribution in [0.2, 0.25) is 0 Å². The minimum absolute atomic E-state index is 0.176. The third-order valence-electron chi connectivity index (χ3n) is 4.91. The molecule has 0 saturated carbocycles. The van der Waals surface area contributed by atoms with Crippen LogP contribution in [-0.2, 0) is 4.79 Å². The van der Waals surface area contributed by atoms with Gasteiger partial charge in [0.2, 0.25) is 9.70 Å². The first-order valence-electron chi connectivity index (χ1n) is 10.1. The molecular formula is C24H20Br2Cl3N3OS. The second kappa shape index (κ2) is 12.1. The van der Waals surface area contributed by atoms with Gasteiger partial charge in [-0.15, -0.1) is 0 Å². The summed E-state index contributed by atoms with van der Waals surface area (Å²) >= 11 is 31.1. The minimum atomic E-state index is -1.88. The number of carbonyl (C=O) groups is 1. The molecule has 0 fully saturated rings. The van der Waals surface area contributed by atoms with E-state index in [1.165, 1.54) is 0 Å². The molecule has 4 nitrogen and oxygen atoms in total. The number of thiocarbonyl (C=S) groups is 1. The summed E-state index contributed by atoms with van der Waals surface area (Å²) in [5, 5.41) is 8.98. The smallest absolute Gasteiger partial charge is 0.233 e. The minimum Gasteiger partial charge on any atom is -0.339 e. The van der Waals surface area contributed by atoms with Crippen molar-refractivity contribution in [2.75, 3.05) is 5.32 Å². The molecule has 3 aromatic carbocycles. The summed E-state index contributed by atoms with van der Waals surface area (Å²) in [5.74, 6) is -0.950. The van der Waals surface area contributed by atoms with E-state index in [1.54, 1.807) is 0 Å². The van der Waals surface area contributed by atoms with Crippen LogP contribution in [0.25, 0.3) is 0 Å². The second-order valence-corrected chi connectivity index (χ2v) is 11.9. The van der Waals surface area contributed by atoms with Gasteiger partial charge in [0.05, 0.1) is 11.6 Å². The number of rotatable bonds is 6. The molecule has 0 bridgehead atoms. The number of hydrogen-bond donors (Lipinski definition) is 3. The van der Waals surface area contributed by atoms with Crippen LogP contribution < -0.4 is 16.0 Å². The first-order chi connectivity index (χ1) is 16.1. The summed E-state index contributed by atoms with van der Waals surface area (Å²) in [6, 6.07) is 22.6. The van der Waals surface area contributed by atoms with Crippen LogP contribution in [0.1, 0.15) is 22.6 Å². The van der Waals surface area contributed by atoms with Gasteiger partial charge in [-0.25, -0.2) is 0 Å². The van der Waals surface area contributed by atoms with Gasteiger partial charge in [0, 0.05) is 8.95 Å². The Morgan fingerprint density at radius 1 is 0.882 bits per heavy atom. The molecule has 10 heteroatoms. The van der Waals surface area contributed by atoms with Gasteiger partial charge >= 0.3 is 0 Å². The highest BCUT2D eigenvalue weighted by molar-refractivity contribution is 9.11. The van der Waals surface area contributed by atoms with Crippen LogP contribution in [0.15, 0.2) is 81.7 Å². The van der Waals surface area contributed by atoms with Crippen molar-refractivity contribution < 1.29 is 4.79 Å². The molecule has 0 unspecified atom stereocenters. The zero-order valence-electron chi connectivity index (χ0n) is 17.8. The van der Waals surface area contributed by atoms with Crippen molar-refractivity contribution >= 4 is 95.6 Å². The lowest BCUT2D eigenvalue weighted by atomic mass is 9.90. The molecule has 0 heterocycles. The maximum absolute atomic E-state index is 13.5. The molecule has 0 aliphatic carbocycles. The van der Waals surface area contributed by atoms with Crippen LogP contribution >= 0.6 is 78.9 Å². The number of amides is 1. The van der Waals surface area contributed by atoms with Gasteiger partial charge in [0.25, 0.3) is 0 Å². The predicted octanol–water partition coefficient (Wildman–Crippen LogP) is 7.45. The van der Waals surface area contributed by atoms with Crippen molar-refractivity contribution in [3.8, 4) is 0 Å². The monoisotopic (exact) mass is 661 g/mol. The molecule has 34 heavy (non-hydrogen) atoms. The maximum Gasteiger partial charge on any atom is 0.233 e. The van der Waals surface area contributed by atoms with Gasteiger partial charge < -0.3 is 16.0 Å². The molecule has 3 N–H and O–H groups in total. The molecule has 3 aromatic rings. The number of halogens is 5. The van der Waals surface area contributed by atoms with Gasteiger partial charge in [-0.05, 0) is 63.9 Å². The summed E-state index contributed by atoms with van der Waals surface area (Å²) < 4.78 is -0.147. The predicted molar refractivity (Wildman–Crippen MR) is 153 cm³/mol. The lowest BCUT2D eigenvalue weighted by molar-refractivity contribution is -0.122. The quantitative estimate of drug-likeness (QED) is 0.146. The fourth-order valence-electron chi connectivity index (χ4n) is 3.25. The number of carbonyl (C=O) groups excluding carboxylic acids is 1. The van der Waals surface area contributed by atoms with Crippen molar-refractivity contribution in [3.63, 3.8) is 0 Å². The van der Waals surface area contributed by atoms with Gasteiger partial charge in [0.15, 0.2) is 5.11 Å². The Balaban J connectivity index is 1.82. The van der Waals surface area contributed by atoms with E-state index < -0.39 is 15.9 Å². The Morgan fingerprint density at radius 2 is 1.41 bits per heavy atom. The second-order valence-electron chi connectivity index (χ2n) is 7.42. The summed E-state index contributed by atoms with van der Waals surface area (Å²) in [6.07, 6.45) is -1.10. The zero-order valence-corrected chi connectivity index (χ0v) is 24.0. The van der Waals surface area contributed by atoms with Crippen LogP contribution in [0, 0.1) is 6.92 Å². The molecule has 178 valence electrons. The Hall–Kier alpha value is -1.35. The fourth-order valence-corrected chi connectivity index (χ4v) is 4.90. The SMILES string of the molecule is Cc1cc(NC(=S)N[C@H](NC(=O)C(c2ccccc2)c2ccccc2)C(Cl)(Cl)Cl)c(Br)cc1Br. The summed E-state index contributed by atoms with van der Waals surface area (Å²) in [5.41, 5.74) is 3.35. The van der Waals surface area contributed by atoms with Gasteiger partial charge in [-0.3, -0.25) is 4.79 Å². The van der Waals surface area contributed by atoms with E-state index in [1.807, 2.05) is 79.7 Å². The number of anilines is 1. The van der Waals surface area contributed by atoms with E-state index in [0.29, 0.717) is 0 Å². The topological polar surface area (TPSA) is 53.2 Å². The third kappa shape index (κ3) is 7.33. The first-order valence-corrected chi connectivity index (χ1v) is 13.2. The lowest BCUT2D eigenvalue weighted by Crippen LogP contribution is -2.57. The van der Waals surface area contributed by atoms with Crippen LogP contribution in [0.5, 0.6) is 0 Å². The van der Waals surface area contributed by atoms with E-state index in [0.717, 1.165) is 31.3 Å². The highest BCUT2D eigenvalue weighted by Gasteiger charge is 2.36. The summed E-state index contributed by atoms with van der Waals surface area (Å²) in [4.78, 5) is 13.5. The van der Waals surface area contributed by atoms with E-state index >= 15 is 0 Å². The average Bonchev–Trinajstić information content (AvgIpc) is 2.78. The van der Waals surface area contributed by atoms with E-state index in [4.69, 9.17) is 47.0 Å². The third-order valence-corrected chi connectivity index (χ3v) is 7.30. The summed E-state index contributed by atoms with van der Waals surface area (Å²) in [6.45, 7) is 1.95. The Kier molecular flexibility index (Phi) is 9.66. The number of hydrogen-bond acceptors (Lipinski definition) is 2. The number of nitrogens with one attached hydrogen (secondary N) is 3. The van der Waals surface area contributed by atoms with E-state index in [9.17, 15) is 4.79 Å². The average molecular weight is 665 g/mol. The van der Waals surface area contributed by atoms with E-state index in [2.05, 4.69) is 47.8 Å². The first kappa shape index (κ1) is 27.2. The van der Waals surface area contributed by atoms with Crippen LogP contribution in [0.4, 0.5) is 5.69 Å². The van der Waals surface area contributed by atoms with Crippen LogP contribution in [0.3, 0.4) is 0 Å². The lowest BCUT2D eigenvalue weighted by Gasteiger charge is -2.30. The maximum atomic E-state index is 13.5. The Labute approximate surface area is 236 Å². The van der Waals surface area contributed by atoms with Crippen molar-refractivity contribution in [2.45, 2.75) is 22.8 Å². The highest BCUT2D eigenvalue weighted by Crippen LogP contribution is 2.32. The summed E-state index contributed by atoms with van der Waals surface area (Å²) in [7, 11) is 0. The normalized spacial score (nSPS) is 12.2. The zero-order chi connectivity index (χ0) is 24.9.